The van der Waals surface area contributed by atoms with E-state index in [1.807, 2.05) is 0 Å². The smallest absolute Gasteiger partial charge is 0.119 e. The van der Waals surface area contributed by atoms with Crippen molar-refractivity contribution < 1.29 is 4.74 Å². The predicted molar refractivity (Wildman–Crippen MR) is 86.7 cm³/mol. The fraction of sp³-hybridized carbons (Fsp3) is 0.667. The van der Waals surface area contributed by atoms with Crippen molar-refractivity contribution in [3.63, 3.8) is 0 Å². The summed E-state index contributed by atoms with van der Waals surface area (Å²) in [6.45, 7) is 7.68. The van der Waals surface area contributed by atoms with Crippen molar-refractivity contribution in [2.75, 3.05) is 13.1 Å². The zero-order valence-corrected chi connectivity index (χ0v) is 13.3. The van der Waals surface area contributed by atoms with Gasteiger partial charge in [-0.2, -0.15) is 0 Å². The van der Waals surface area contributed by atoms with E-state index in [1.165, 1.54) is 44.3 Å². The highest BCUT2D eigenvalue weighted by atomic mass is 16.5. The average molecular weight is 288 g/mol. The van der Waals surface area contributed by atoms with E-state index in [0.29, 0.717) is 6.04 Å². The van der Waals surface area contributed by atoms with Crippen molar-refractivity contribution in [3.05, 3.63) is 29.8 Å². The Morgan fingerprint density at radius 2 is 1.95 bits per heavy atom. The van der Waals surface area contributed by atoms with Crippen LogP contribution in [0.15, 0.2) is 24.3 Å². The molecule has 2 heterocycles. The first-order chi connectivity index (χ1) is 10.2. The second kappa shape index (κ2) is 6.80. The van der Waals surface area contributed by atoms with Gasteiger partial charge in [-0.3, -0.25) is 4.90 Å². The van der Waals surface area contributed by atoms with E-state index in [4.69, 9.17) is 4.74 Å². The molecule has 1 aromatic carbocycles. The largest absolute Gasteiger partial charge is 0.491 e. The predicted octanol–water partition coefficient (Wildman–Crippen LogP) is 3.19. The molecule has 0 radical (unpaired) electrons. The number of rotatable bonds is 5. The Hall–Kier alpha value is -1.06. The van der Waals surface area contributed by atoms with E-state index < -0.39 is 0 Å². The molecule has 3 heteroatoms. The highest BCUT2D eigenvalue weighted by Gasteiger charge is 2.34. The van der Waals surface area contributed by atoms with Gasteiger partial charge < -0.3 is 10.1 Å². The first kappa shape index (κ1) is 14.9. The molecule has 116 valence electrons. The van der Waals surface area contributed by atoms with Gasteiger partial charge in [-0.1, -0.05) is 18.6 Å². The van der Waals surface area contributed by atoms with Gasteiger partial charge in [-0.15, -0.1) is 0 Å². The summed E-state index contributed by atoms with van der Waals surface area (Å²) in [5.74, 6) is 0.966. The molecule has 0 bridgehead atoms. The summed E-state index contributed by atoms with van der Waals surface area (Å²) in [5, 5.41) is 3.77. The number of fused-ring (bicyclic) bond motifs is 1. The van der Waals surface area contributed by atoms with Gasteiger partial charge in [0.15, 0.2) is 0 Å². The molecule has 2 unspecified atom stereocenters. The molecule has 2 aliphatic heterocycles. The van der Waals surface area contributed by atoms with Crippen LogP contribution in [0.25, 0.3) is 0 Å². The summed E-state index contributed by atoms with van der Waals surface area (Å²) in [6.07, 6.45) is 5.71. The lowest BCUT2D eigenvalue weighted by Gasteiger charge is -2.32. The van der Waals surface area contributed by atoms with E-state index in [1.54, 1.807) is 0 Å². The van der Waals surface area contributed by atoms with Gasteiger partial charge in [0.25, 0.3) is 0 Å². The van der Waals surface area contributed by atoms with Gasteiger partial charge in [0.1, 0.15) is 5.75 Å². The third-order valence-corrected chi connectivity index (χ3v) is 4.72. The van der Waals surface area contributed by atoms with Crippen LogP contribution in [0.2, 0.25) is 0 Å². The second-order valence-corrected chi connectivity index (χ2v) is 6.69. The SMILES string of the molecule is CC(C)Oc1ccc(CNC2CCN3CCCCC23)cc1. The Labute approximate surface area is 128 Å². The normalized spacial score (nSPS) is 26.0. The van der Waals surface area contributed by atoms with E-state index in [0.717, 1.165) is 18.3 Å². The highest BCUT2D eigenvalue weighted by Crippen LogP contribution is 2.27. The van der Waals surface area contributed by atoms with Gasteiger partial charge in [0.05, 0.1) is 6.10 Å². The van der Waals surface area contributed by atoms with Crippen LogP contribution >= 0.6 is 0 Å². The van der Waals surface area contributed by atoms with E-state index in [2.05, 4.69) is 48.3 Å². The highest BCUT2D eigenvalue weighted by molar-refractivity contribution is 5.27. The zero-order chi connectivity index (χ0) is 14.7. The first-order valence-electron chi connectivity index (χ1n) is 8.45. The summed E-state index contributed by atoms with van der Waals surface area (Å²) in [6, 6.07) is 9.98. The van der Waals surface area contributed by atoms with E-state index in [9.17, 15) is 0 Å². The molecule has 0 aliphatic carbocycles. The van der Waals surface area contributed by atoms with Crippen LogP contribution in [0.5, 0.6) is 5.75 Å². The van der Waals surface area contributed by atoms with Crippen LogP contribution in [-0.2, 0) is 6.54 Å². The maximum atomic E-state index is 5.69. The molecule has 1 aromatic rings. The third-order valence-electron chi connectivity index (χ3n) is 4.72. The maximum absolute atomic E-state index is 5.69. The Morgan fingerprint density at radius 1 is 1.14 bits per heavy atom. The molecule has 2 fully saturated rings. The van der Waals surface area contributed by atoms with Crippen LogP contribution in [0, 0.1) is 0 Å². The summed E-state index contributed by atoms with van der Waals surface area (Å²) in [7, 11) is 0. The molecular formula is C18H28N2O. The molecular weight excluding hydrogens is 260 g/mol. The quantitative estimate of drug-likeness (QED) is 0.900. The van der Waals surface area contributed by atoms with Crippen LogP contribution < -0.4 is 10.1 Å². The minimum atomic E-state index is 0.241. The van der Waals surface area contributed by atoms with Crippen molar-refractivity contribution in [1.29, 1.82) is 0 Å². The van der Waals surface area contributed by atoms with E-state index >= 15 is 0 Å². The Balaban J connectivity index is 1.50. The van der Waals surface area contributed by atoms with Gasteiger partial charge >= 0.3 is 0 Å². The number of nitrogens with zero attached hydrogens (tertiary/aromatic N) is 1. The lowest BCUT2D eigenvalue weighted by Crippen LogP contribution is -2.44. The standard InChI is InChI=1S/C18H28N2O/c1-14(2)21-16-8-6-15(7-9-16)13-19-17-10-12-20-11-4-3-5-18(17)20/h6-9,14,17-19H,3-5,10-13H2,1-2H3. The molecule has 2 saturated heterocycles. The van der Waals surface area contributed by atoms with Crippen LogP contribution in [-0.4, -0.2) is 36.2 Å². The molecule has 0 spiro atoms. The van der Waals surface area contributed by atoms with Crippen molar-refractivity contribution >= 4 is 0 Å². The molecule has 0 amide bonds. The second-order valence-electron chi connectivity index (χ2n) is 6.69. The molecule has 2 atom stereocenters. The minimum Gasteiger partial charge on any atom is -0.491 e. The number of nitrogens with one attached hydrogen (secondary N) is 1. The lowest BCUT2D eigenvalue weighted by atomic mass is 9.99. The Kier molecular flexibility index (Phi) is 4.81. The average Bonchev–Trinajstić information content (AvgIpc) is 2.89. The summed E-state index contributed by atoms with van der Waals surface area (Å²) in [5.41, 5.74) is 1.35. The molecule has 1 N–H and O–H groups in total. The van der Waals surface area contributed by atoms with Crippen molar-refractivity contribution in [3.8, 4) is 5.75 Å². The minimum absolute atomic E-state index is 0.241. The molecule has 2 aliphatic rings. The van der Waals surface area contributed by atoms with E-state index in [-0.39, 0.29) is 6.10 Å². The fourth-order valence-corrected chi connectivity index (χ4v) is 3.69. The number of benzene rings is 1. The maximum Gasteiger partial charge on any atom is 0.119 e. The third kappa shape index (κ3) is 3.78. The molecule has 3 nitrogen and oxygen atoms in total. The number of hydrogen-bond acceptors (Lipinski definition) is 3. The number of piperidine rings is 1. The fourth-order valence-electron chi connectivity index (χ4n) is 3.69. The van der Waals surface area contributed by atoms with Gasteiger partial charge in [-0.05, 0) is 57.4 Å². The van der Waals surface area contributed by atoms with Crippen LogP contribution in [0.1, 0.15) is 45.1 Å². The number of hydrogen-bond donors (Lipinski definition) is 1. The van der Waals surface area contributed by atoms with Gasteiger partial charge in [0.2, 0.25) is 0 Å². The molecule has 0 aromatic heterocycles. The first-order valence-corrected chi connectivity index (χ1v) is 8.45. The van der Waals surface area contributed by atoms with Gasteiger partial charge in [-0.25, -0.2) is 0 Å². The van der Waals surface area contributed by atoms with Crippen LogP contribution in [0.3, 0.4) is 0 Å². The Bertz CT molecular complexity index is 443. The molecule has 3 rings (SSSR count). The Morgan fingerprint density at radius 3 is 2.71 bits per heavy atom. The molecule has 0 saturated carbocycles. The van der Waals surface area contributed by atoms with Crippen molar-refractivity contribution in [2.45, 2.75) is 64.3 Å². The van der Waals surface area contributed by atoms with Crippen molar-refractivity contribution in [1.82, 2.24) is 10.2 Å². The number of ether oxygens (including phenoxy) is 1. The van der Waals surface area contributed by atoms with Gasteiger partial charge in [0, 0.05) is 25.2 Å². The summed E-state index contributed by atoms with van der Waals surface area (Å²) < 4.78 is 5.69. The molecule has 21 heavy (non-hydrogen) atoms. The topological polar surface area (TPSA) is 24.5 Å². The van der Waals surface area contributed by atoms with Crippen molar-refractivity contribution in [2.24, 2.45) is 0 Å². The summed E-state index contributed by atoms with van der Waals surface area (Å²) >= 11 is 0. The lowest BCUT2D eigenvalue weighted by molar-refractivity contribution is 0.180. The summed E-state index contributed by atoms with van der Waals surface area (Å²) in [4.78, 5) is 2.68. The zero-order valence-electron chi connectivity index (χ0n) is 13.3. The van der Waals surface area contributed by atoms with Crippen LogP contribution in [0.4, 0.5) is 0 Å². The monoisotopic (exact) mass is 288 g/mol.